The third-order valence-corrected chi connectivity index (χ3v) is 4.56. The van der Waals surface area contributed by atoms with Crippen LogP contribution in [0.25, 0.3) is 0 Å². The Labute approximate surface area is 129 Å². The third kappa shape index (κ3) is 4.83. The maximum atomic E-state index is 13.6. The van der Waals surface area contributed by atoms with Crippen LogP contribution in [-0.4, -0.2) is 30.6 Å². The van der Waals surface area contributed by atoms with E-state index in [1.807, 2.05) is 6.07 Å². The van der Waals surface area contributed by atoms with Crippen LogP contribution in [0.4, 0.5) is 4.39 Å². The number of rotatable bonds is 6. The quantitative estimate of drug-likeness (QED) is 0.787. The predicted octanol–water partition coefficient (Wildman–Crippen LogP) is 3.94. The molecule has 1 aromatic rings. The van der Waals surface area contributed by atoms with Crippen LogP contribution in [0, 0.1) is 5.82 Å². The van der Waals surface area contributed by atoms with Gasteiger partial charge in [-0.25, -0.2) is 4.39 Å². The summed E-state index contributed by atoms with van der Waals surface area (Å²) in [5, 5.41) is 3.34. The van der Waals surface area contributed by atoms with Crippen LogP contribution in [0.2, 0.25) is 0 Å². The van der Waals surface area contributed by atoms with E-state index < -0.39 is 0 Å². The molecule has 0 radical (unpaired) electrons. The lowest BCUT2D eigenvalue weighted by atomic mass is 10.0. The Hall–Kier alpha value is -0.450. The summed E-state index contributed by atoms with van der Waals surface area (Å²) >= 11 is 3.38. The highest BCUT2D eigenvalue weighted by Gasteiger charge is 2.16. The molecule has 1 heterocycles. The van der Waals surface area contributed by atoms with Crippen molar-refractivity contribution in [2.24, 2.45) is 0 Å². The van der Waals surface area contributed by atoms with Crippen LogP contribution in [0.1, 0.15) is 38.2 Å². The molecule has 0 saturated carbocycles. The molecule has 1 aromatic carbocycles. The molecule has 112 valence electrons. The monoisotopic (exact) mass is 342 g/mol. The van der Waals surface area contributed by atoms with Crippen molar-refractivity contribution in [1.82, 2.24) is 10.2 Å². The molecule has 1 N–H and O–H groups in total. The molecule has 1 saturated heterocycles. The highest BCUT2D eigenvalue weighted by Crippen LogP contribution is 2.17. The largest absolute Gasteiger partial charge is 0.313 e. The van der Waals surface area contributed by atoms with Crippen molar-refractivity contribution in [3.05, 3.63) is 34.1 Å². The number of benzene rings is 1. The minimum Gasteiger partial charge on any atom is -0.313 e. The summed E-state index contributed by atoms with van der Waals surface area (Å²) < 4.78 is 14.5. The molecular formula is C16H24BrFN2. The van der Waals surface area contributed by atoms with E-state index in [4.69, 9.17) is 0 Å². The lowest BCUT2D eigenvalue weighted by molar-refractivity contribution is 0.159. The molecule has 1 unspecified atom stereocenters. The lowest BCUT2D eigenvalue weighted by Crippen LogP contribution is -2.38. The van der Waals surface area contributed by atoms with Gasteiger partial charge in [0.1, 0.15) is 5.82 Å². The highest BCUT2D eigenvalue weighted by molar-refractivity contribution is 9.10. The molecule has 1 aliphatic heterocycles. The Morgan fingerprint density at radius 1 is 1.40 bits per heavy atom. The molecule has 2 rings (SSSR count). The SMILES string of the molecule is CC1CCCCN1CCCNCc1cc(Br)ccc1F. The van der Waals surface area contributed by atoms with E-state index in [-0.39, 0.29) is 5.82 Å². The second kappa shape index (κ2) is 8.11. The normalized spacial score (nSPS) is 20.2. The van der Waals surface area contributed by atoms with Crippen LogP contribution in [0.15, 0.2) is 22.7 Å². The lowest BCUT2D eigenvalue weighted by Gasteiger charge is -2.33. The standard InChI is InChI=1S/C16H24BrFN2/c1-13-5-2-3-9-20(13)10-4-8-19-12-14-11-15(17)6-7-16(14)18/h6-7,11,13,19H,2-5,8-10,12H2,1H3. The summed E-state index contributed by atoms with van der Waals surface area (Å²) in [5.41, 5.74) is 0.728. The first kappa shape index (κ1) is 15.9. The van der Waals surface area contributed by atoms with Gasteiger partial charge in [0.2, 0.25) is 0 Å². The van der Waals surface area contributed by atoms with Gasteiger partial charge in [-0.3, -0.25) is 0 Å². The summed E-state index contributed by atoms with van der Waals surface area (Å²) in [5.74, 6) is -0.134. The van der Waals surface area contributed by atoms with Gasteiger partial charge in [-0.05, 0) is 64.0 Å². The fraction of sp³-hybridized carbons (Fsp3) is 0.625. The van der Waals surface area contributed by atoms with Gasteiger partial charge in [-0.2, -0.15) is 0 Å². The van der Waals surface area contributed by atoms with Crippen LogP contribution in [0.5, 0.6) is 0 Å². The molecular weight excluding hydrogens is 319 g/mol. The fourth-order valence-corrected chi connectivity index (χ4v) is 3.21. The summed E-state index contributed by atoms with van der Waals surface area (Å²) in [7, 11) is 0. The number of nitrogens with one attached hydrogen (secondary N) is 1. The summed E-state index contributed by atoms with van der Waals surface area (Å²) in [4.78, 5) is 2.57. The van der Waals surface area contributed by atoms with E-state index in [0.29, 0.717) is 6.54 Å². The van der Waals surface area contributed by atoms with Crippen LogP contribution < -0.4 is 5.32 Å². The smallest absolute Gasteiger partial charge is 0.127 e. The zero-order chi connectivity index (χ0) is 14.4. The molecule has 2 nitrogen and oxygen atoms in total. The van der Waals surface area contributed by atoms with Gasteiger partial charge in [0.25, 0.3) is 0 Å². The van der Waals surface area contributed by atoms with E-state index >= 15 is 0 Å². The molecule has 20 heavy (non-hydrogen) atoms. The molecule has 0 spiro atoms. The summed E-state index contributed by atoms with van der Waals surface area (Å²) in [6.07, 6.45) is 5.16. The highest BCUT2D eigenvalue weighted by atomic mass is 79.9. The molecule has 1 fully saturated rings. The predicted molar refractivity (Wildman–Crippen MR) is 85.3 cm³/mol. The third-order valence-electron chi connectivity index (χ3n) is 4.06. The van der Waals surface area contributed by atoms with Gasteiger partial charge in [-0.15, -0.1) is 0 Å². The topological polar surface area (TPSA) is 15.3 Å². The van der Waals surface area contributed by atoms with Gasteiger partial charge in [0.15, 0.2) is 0 Å². The van der Waals surface area contributed by atoms with Crippen molar-refractivity contribution in [2.75, 3.05) is 19.6 Å². The molecule has 0 aromatic heterocycles. The molecule has 4 heteroatoms. The number of nitrogens with zero attached hydrogens (tertiary/aromatic N) is 1. The second-order valence-corrected chi connectivity index (χ2v) is 6.56. The Bertz CT molecular complexity index is 425. The van der Waals surface area contributed by atoms with Crippen LogP contribution in [0.3, 0.4) is 0 Å². The Morgan fingerprint density at radius 3 is 3.05 bits per heavy atom. The van der Waals surface area contributed by atoms with Crippen LogP contribution in [-0.2, 0) is 6.54 Å². The second-order valence-electron chi connectivity index (χ2n) is 5.65. The zero-order valence-corrected chi connectivity index (χ0v) is 13.8. The fourth-order valence-electron chi connectivity index (χ4n) is 2.80. The first-order valence-electron chi connectivity index (χ1n) is 7.55. The van der Waals surface area contributed by atoms with Crippen molar-refractivity contribution in [3.8, 4) is 0 Å². The number of halogens is 2. The maximum absolute atomic E-state index is 13.6. The van der Waals surface area contributed by atoms with E-state index in [1.54, 1.807) is 6.07 Å². The summed E-state index contributed by atoms with van der Waals surface area (Å²) in [6.45, 7) is 6.25. The zero-order valence-electron chi connectivity index (χ0n) is 12.2. The van der Waals surface area contributed by atoms with Crippen molar-refractivity contribution < 1.29 is 4.39 Å². The Kier molecular flexibility index (Phi) is 6.46. The van der Waals surface area contributed by atoms with Gasteiger partial charge < -0.3 is 10.2 Å². The van der Waals surface area contributed by atoms with E-state index in [9.17, 15) is 4.39 Å². The number of likely N-dealkylation sites (tertiary alicyclic amines) is 1. The maximum Gasteiger partial charge on any atom is 0.127 e. The molecule has 0 amide bonds. The average Bonchev–Trinajstić information content (AvgIpc) is 2.44. The first-order chi connectivity index (χ1) is 9.66. The van der Waals surface area contributed by atoms with Gasteiger partial charge in [0, 0.05) is 22.6 Å². The van der Waals surface area contributed by atoms with E-state index in [2.05, 4.69) is 33.1 Å². The number of hydrogen-bond donors (Lipinski definition) is 1. The van der Waals surface area contributed by atoms with Gasteiger partial charge in [-0.1, -0.05) is 22.4 Å². The average molecular weight is 343 g/mol. The van der Waals surface area contributed by atoms with Crippen LogP contribution >= 0.6 is 15.9 Å². The van der Waals surface area contributed by atoms with Crippen molar-refractivity contribution in [3.63, 3.8) is 0 Å². The van der Waals surface area contributed by atoms with Crippen molar-refractivity contribution >= 4 is 15.9 Å². The number of hydrogen-bond acceptors (Lipinski definition) is 2. The molecule has 0 bridgehead atoms. The van der Waals surface area contributed by atoms with Crippen molar-refractivity contribution in [2.45, 2.75) is 45.2 Å². The minimum absolute atomic E-state index is 0.134. The first-order valence-corrected chi connectivity index (χ1v) is 8.35. The van der Waals surface area contributed by atoms with Gasteiger partial charge in [0.05, 0.1) is 0 Å². The minimum atomic E-state index is -0.134. The molecule has 1 aliphatic rings. The van der Waals surface area contributed by atoms with Crippen molar-refractivity contribution in [1.29, 1.82) is 0 Å². The van der Waals surface area contributed by atoms with E-state index in [0.717, 1.165) is 35.6 Å². The Morgan fingerprint density at radius 2 is 2.25 bits per heavy atom. The molecule has 0 aliphatic carbocycles. The van der Waals surface area contributed by atoms with Gasteiger partial charge >= 0.3 is 0 Å². The Balaban J connectivity index is 1.65. The summed E-state index contributed by atoms with van der Waals surface area (Å²) in [6, 6.07) is 5.81. The molecule has 1 atom stereocenters. The van der Waals surface area contributed by atoms with E-state index in [1.165, 1.54) is 31.9 Å². The number of piperidine rings is 1.